The summed E-state index contributed by atoms with van der Waals surface area (Å²) in [6, 6.07) is 110. The van der Waals surface area contributed by atoms with Gasteiger partial charge in [-0.25, -0.2) is 0 Å². The van der Waals surface area contributed by atoms with Crippen molar-refractivity contribution in [2.75, 3.05) is 0 Å². The lowest BCUT2D eigenvalue weighted by Gasteiger charge is -2.30. The number of aromatic hydroxyl groups is 3. The third-order valence-corrected chi connectivity index (χ3v) is 17.1. The third-order valence-electron chi connectivity index (χ3n) is 17.1. The van der Waals surface area contributed by atoms with Crippen LogP contribution in [0.2, 0.25) is 0 Å². The summed E-state index contributed by atoms with van der Waals surface area (Å²) in [5.41, 5.74) is 25.5. The van der Waals surface area contributed by atoms with Crippen LogP contribution in [-0.4, -0.2) is 15.3 Å². The van der Waals surface area contributed by atoms with Crippen molar-refractivity contribution in [1.82, 2.24) is 0 Å². The summed E-state index contributed by atoms with van der Waals surface area (Å²) >= 11 is 0. The molecule has 438 valence electrons. The number of phenols is 3. The van der Waals surface area contributed by atoms with Gasteiger partial charge in [0.25, 0.3) is 0 Å². The fourth-order valence-electron chi connectivity index (χ4n) is 12.9. The molecule has 0 saturated carbocycles. The van der Waals surface area contributed by atoms with E-state index < -0.39 is 0 Å². The number of hydrogen-bond acceptors (Lipinski definition) is 4. The molecule has 0 fully saturated rings. The molecule has 0 aromatic heterocycles. The normalized spacial score (nSPS) is 11.0. The lowest BCUT2D eigenvalue weighted by atomic mass is 9.73. The average molecular weight is 1180 g/mol. The first-order valence-corrected chi connectivity index (χ1v) is 30.9. The van der Waals surface area contributed by atoms with Crippen LogP contribution in [0.1, 0.15) is 22.3 Å². The van der Waals surface area contributed by atoms with Crippen LogP contribution in [0.3, 0.4) is 0 Å². The van der Waals surface area contributed by atoms with Gasteiger partial charge in [0.15, 0.2) is 0 Å². The minimum absolute atomic E-state index is 0.150. The van der Waals surface area contributed by atoms with E-state index >= 15 is 0 Å². The molecule has 0 amide bonds. The highest BCUT2D eigenvalue weighted by molar-refractivity contribution is 6.16. The monoisotopic (exact) mass is 1180 g/mol. The van der Waals surface area contributed by atoms with Gasteiger partial charge in [-0.05, 0) is 233 Å². The van der Waals surface area contributed by atoms with E-state index in [1.54, 1.807) is 36.4 Å². The fraction of sp³-hybridized carbons (Fsp3) is 0.0227. The minimum Gasteiger partial charge on any atom is -0.508 e. The van der Waals surface area contributed by atoms with Gasteiger partial charge in [-0.1, -0.05) is 248 Å². The van der Waals surface area contributed by atoms with Crippen molar-refractivity contribution >= 4 is 0 Å². The summed E-state index contributed by atoms with van der Waals surface area (Å²) in [6.45, 7) is 4.32. The molecule has 14 aromatic carbocycles. The van der Waals surface area contributed by atoms with Crippen LogP contribution in [0.4, 0.5) is 0 Å². The second-order valence-electron chi connectivity index (χ2n) is 23.1. The molecule has 0 bridgehead atoms. The molecule has 14 rings (SSSR count). The van der Waals surface area contributed by atoms with E-state index in [1.165, 1.54) is 0 Å². The molecule has 0 spiro atoms. The summed E-state index contributed by atoms with van der Waals surface area (Å²) in [7, 11) is 0. The van der Waals surface area contributed by atoms with E-state index in [0.717, 1.165) is 150 Å². The van der Waals surface area contributed by atoms with Crippen LogP contribution in [0, 0.1) is 25.7 Å². The first kappa shape index (κ1) is 57.6. The lowest BCUT2D eigenvalue weighted by Crippen LogP contribution is -2.04. The zero-order valence-corrected chi connectivity index (χ0v) is 50.8. The SMILES string of the molecule is Cc1ccc(Oc2ccc(-c3c(-c4ccccc4)c(-c4ccccc4)c(-c4cc(C#Cc5ccc(O)cc5)cc(-c5c(-c6ccccc6)c(-c6ccccc6)c(C)c(-c6ccccc6)c5-c5ccc(O)cc5)c4)c(-c4ccc(O)cc4)c3-c3ccccc3)cc2)cc1. The van der Waals surface area contributed by atoms with Gasteiger partial charge in [0.05, 0.1) is 0 Å². The Morgan fingerprint density at radius 1 is 0.217 bits per heavy atom. The molecule has 92 heavy (non-hydrogen) atoms. The Hall–Kier alpha value is -12.2. The molecule has 0 aliphatic carbocycles. The first-order valence-electron chi connectivity index (χ1n) is 30.9. The Balaban J connectivity index is 1.20. The minimum atomic E-state index is 0.150. The van der Waals surface area contributed by atoms with Crippen LogP contribution in [0.5, 0.6) is 28.7 Å². The zero-order chi connectivity index (χ0) is 62.5. The standard InChI is InChI=1S/C88H62O4/c1-58-33-51-76(52-34-58)92-77-53-43-70(44-54-77)85-82(65-27-15-6-16-28-65)84(67-31-19-8-20-32-67)88(86(69-41-49-75(91)50-42-69)83(85)66-29-17-7-18-30-66)72-56-61(36-35-60-37-45-73(89)46-38-60)55-71(57-72)87-80(64-25-13-5-14-26-64)78(62-21-9-3-10-22-62)59(2)79(63-23-11-4-12-24-63)81(87)68-39-47-74(90)48-40-68/h3-34,37-57,89-91H,1-2H3. The van der Waals surface area contributed by atoms with Gasteiger partial charge in [-0.15, -0.1) is 0 Å². The molecule has 4 heteroatoms. The maximum absolute atomic E-state index is 11.3. The van der Waals surface area contributed by atoms with Gasteiger partial charge in [0.1, 0.15) is 28.7 Å². The number of phenolic OH excluding ortho intramolecular Hbond substituents is 3. The zero-order valence-electron chi connectivity index (χ0n) is 50.8. The molecule has 14 aromatic rings. The molecule has 0 aliphatic rings. The average Bonchev–Trinajstić information content (AvgIpc) is 0.724. The molecule has 3 N–H and O–H groups in total. The quantitative estimate of drug-likeness (QED) is 0.101. The van der Waals surface area contributed by atoms with Crippen molar-refractivity contribution in [2.24, 2.45) is 0 Å². The smallest absolute Gasteiger partial charge is 0.127 e. The van der Waals surface area contributed by atoms with E-state index in [4.69, 9.17) is 4.74 Å². The first-order chi connectivity index (χ1) is 45.2. The van der Waals surface area contributed by atoms with Gasteiger partial charge < -0.3 is 20.1 Å². The van der Waals surface area contributed by atoms with Crippen molar-refractivity contribution in [2.45, 2.75) is 13.8 Å². The molecular weight excluding hydrogens is 1120 g/mol. The lowest BCUT2D eigenvalue weighted by molar-refractivity contribution is 0.475. The second kappa shape index (κ2) is 25.5. The second-order valence-corrected chi connectivity index (χ2v) is 23.1. The topological polar surface area (TPSA) is 69.9 Å². The van der Waals surface area contributed by atoms with Crippen molar-refractivity contribution < 1.29 is 20.1 Å². The summed E-state index contributed by atoms with van der Waals surface area (Å²) < 4.78 is 6.53. The molecular formula is C88H62O4. The van der Waals surface area contributed by atoms with E-state index in [-0.39, 0.29) is 17.2 Å². The number of hydrogen-bond donors (Lipinski definition) is 3. The van der Waals surface area contributed by atoms with E-state index in [0.29, 0.717) is 5.75 Å². The highest BCUT2D eigenvalue weighted by Crippen LogP contribution is 2.58. The van der Waals surface area contributed by atoms with Gasteiger partial charge in [-0.3, -0.25) is 0 Å². The van der Waals surface area contributed by atoms with Gasteiger partial charge in [0, 0.05) is 11.1 Å². The van der Waals surface area contributed by atoms with E-state index in [1.807, 2.05) is 48.5 Å². The highest BCUT2D eigenvalue weighted by atomic mass is 16.5. The van der Waals surface area contributed by atoms with Crippen molar-refractivity contribution in [1.29, 1.82) is 0 Å². The summed E-state index contributed by atoms with van der Waals surface area (Å²) in [6.07, 6.45) is 0. The van der Waals surface area contributed by atoms with E-state index in [9.17, 15) is 15.3 Å². The Morgan fingerprint density at radius 3 is 0.783 bits per heavy atom. The molecule has 0 aliphatic heterocycles. The summed E-state index contributed by atoms with van der Waals surface area (Å²) in [4.78, 5) is 0. The van der Waals surface area contributed by atoms with Gasteiger partial charge in [-0.2, -0.15) is 0 Å². The molecule has 0 saturated heterocycles. The highest BCUT2D eigenvalue weighted by Gasteiger charge is 2.32. The van der Waals surface area contributed by atoms with Crippen LogP contribution >= 0.6 is 0 Å². The molecule has 0 heterocycles. The number of rotatable bonds is 13. The van der Waals surface area contributed by atoms with Crippen LogP contribution in [0.25, 0.3) is 122 Å². The Bertz CT molecular complexity index is 5000. The molecule has 0 radical (unpaired) electrons. The van der Waals surface area contributed by atoms with Crippen molar-refractivity contribution in [3.8, 4) is 163 Å². The van der Waals surface area contributed by atoms with Crippen molar-refractivity contribution in [3.63, 3.8) is 0 Å². The predicted octanol–water partition coefficient (Wildman–Crippen LogP) is 22.9. The number of benzene rings is 14. The van der Waals surface area contributed by atoms with Crippen LogP contribution in [0.15, 0.2) is 322 Å². The molecule has 0 atom stereocenters. The fourth-order valence-corrected chi connectivity index (χ4v) is 12.9. The predicted molar refractivity (Wildman–Crippen MR) is 380 cm³/mol. The van der Waals surface area contributed by atoms with Crippen LogP contribution < -0.4 is 4.74 Å². The molecule has 0 unspecified atom stereocenters. The number of ether oxygens (including phenoxy) is 1. The Morgan fingerprint density at radius 2 is 0.457 bits per heavy atom. The van der Waals surface area contributed by atoms with Gasteiger partial charge >= 0.3 is 0 Å². The third kappa shape index (κ3) is 11.6. The van der Waals surface area contributed by atoms with Gasteiger partial charge in [0.2, 0.25) is 0 Å². The maximum atomic E-state index is 11.3. The Labute approximate surface area is 537 Å². The number of aryl methyl sites for hydroxylation is 1. The van der Waals surface area contributed by atoms with E-state index in [2.05, 4.69) is 262 Å². The van der Waals surface area contributed by atoms with Crippen LogP contribution in [-0.2, 0) is 0 Å². The molecule has 4 nitrogen and oxygen atoms in total. The Kier molecular flexibility index (Phi) is 16.0. The van der Waals surface area contributed by atoms with Crippen molar-refractivity contribution in [3.05, 3.63) is 344 Å². The summed E-state index contributed by atoms with van der Waals surface area (Å²) in [5.74, 6) is 9.16. The maximum Gasteiger partial charge on any atom is 0.127 e. The summed E-state index contributed by atoms with van der Waals surface area (Å²) in [5, 5.41) is 32.9. The largest absolute Gasteiger partial charge is 0.508 e.